The Morgan fingerprint density at radius 2 is 1.86 bits per heavy atom. The minimum Gasteiger partial charge on any atom is -0.459 e. The SMILES string of the molecule is CC(C)C1=CC=CC(C(C)C)(C(Cl)C(=O)OC(C)(C)C)C1. The minimum absolute atomic E-state index is 0.256. The first-order valence-corrected chi connectivity index (χ1v) is 8.18. The first-order valence-electron chi connectivity index (χ1n) is 7.75. The number of carbonyl (C=O) groups is 1. The lowest BCUT2D eigenvalue weighted by Crippen LogP contribution is -2.44. The van der Waals surface area contributed by atoms with E-state index in [1.807, 2.05) is 26.8 Å². The van der Waals surface area contributed by atoms with Gasteiger partial charge in [-0.1, -0.05) is 51.5 Å². The molecule has 0 aromatic heterocycles. The van der Waals surface area contributed by atoms with Crippen LogP contribution in [0.3, 0.4) is 0 Å². The molecule has 3 heteroatoms. The quantitative estimate of drug-likeness (QED) is 0.532. The summed E-state index contributed by atoms with van der Waals surface area (Å²) in [4.78, 5) is 12.4. The van der Waals surface area contributed by atoms with Crippen LogP contribution in [0.5, 0.6) is 0 Å². The van der Waals surface area contributed by atoms with Crippen LogP contribution in [0.4, 0.5) is 0 Å². The van der Waals surface area contributed by atoms with Crippen molar-refractivity contribution in [3.63, 3.8) is 0 Å². The molecular weight excluding hydrogens is 284 g/mol. The van der Waals surface area contributed by atoms with Crippen molar-refractivity contribution in [1.29, 1.82) is 0 Å². The normalized spacial score (nSPS) is 24.2. The molecule has 0 aliphatic heterocycles. The van der Waals surface area contributed by atoms with Gasteiger partial charge in [-0.15, -0.1) is 11.6 Å². The Balaban J connectivity index is 3.05. The number of allylic oxidation sites excluding steroid dienone is 4. The van der Waals surface area contributed by atoms with Crippen molar-refractivity contribution in [3.05, 3.63) is 23.8 Å². The van der Waals surface area contributed by atoms with Gasteiger partial charge in [0.15, 0.2) is 0 Å². The molecule has 0 amide bonds. The molecule has 2 atom stereocenters. The van der Waals surface area contributed by atoms with Crippen molar-refractivity contribution in [2.45, 2.75) is 65.9 Å². The molecule has 1 aliphatic carbocycles. The van der Waals surface area contributed by atoms with Gasteiger partial charge < -0.3 is 4.74 Å². The van der Waals surface area contributed by atoms with Gasteiger partial charge in [0.25, 0.3) is 0 Å². The third kappa shape index (κ3) is 4.35. The summed E-state index contributed by atoms with van der Waals surface area (Å²) in [6.45, 7) is 14.2. The highest BCUT2D eigenvalue weighted by Gasteiger charge is 2.45. The Labute approximate surface area is 134 Å². The third-order valence-corrected chi connectivity index (χ3v) is 4.71. The maximum absolute atomic E-state index is 12.4. The Hall–Kier alpha value is -0.760. The van der Waals surface area contributed by atoms with Crippen LogP contribution in [0.15, 0.2) is 23.8 Å². The van der Waals surface area contributed by atoms with Gasteiger partial charge in [0.2, 0.25) is 0 Å². The molecule has 0 spiro atoms. The van der Waals surface area contributed by atoms with Crippen LogP contribution in [0, 0.1) is 17.3 Å². The predicted molar refractivity (Wildman–Crippen MR) is 89.4 cm³/mol. The van der Waals surface area contributed by atoms with Gasteiger partial charge >= 0.3 is 5.97 Å². The highest BCUT2D eigenvalue weighted by atomic mass is 35.5. The van der Waals surface area contributed by atoms with E-state index in [0.29, 0.717) is 5.92 Å². The maximum atomic E-state index is 12.4. The summed E-state index contributed by atoms with van der Waals surface area (Å²) in [6.07, 6.45) is 7.08. The van der Waals surface area contributed by atoms with E-state index in [1.165, 1.54) is 5.57 Å². The van der Waals surface area contributed by atoms with Gasteiger partial charge in [0.1, 0.15) is 11.0 Å². The molecule has 0 bridgehead atoms. The smallest absolute Gasteiger partial charge is 0.325 e. The topological polar surface area (TPSA) is 26.3 Å². The van der Waals surface area contributed by atoms with Crippen molar-refractivity contribution in [1.82, 2.24) is 0 Å². The summed E-state index contributed by atoms with van der Waals surface area (Å²) < 4.78 is 5.50. The van der Waals surface area contributed by atoms with E-state index >= 15 is 0 Å². The summed E-state index contributed by atoms with van der Waals surface area (Å²) in [5.41, 5.74) is 0.441. The molecular formula is C18H29ClO2. The van der Waals surface area contributed by atoms with Gasteiger partial charge in [0.05, 0.1) is 0 Å². The number of halogens is 1. The van der Waals surface area contributed by atoms with Gasteiger partial charge in [0, 0.05) is 5.41 Å². The highest BCUT2D eigenvalue weighted by molar-refractivity contribution is 6.30. The standard InChI is InChI=1S/C18H29ClO2/c1-12(2)14-9-8-10-18(11-14,13(3)4)15(19)16(20)21-17(5,6)7/h8-10,12-13,15H,11H2,1-7H3. The lowest BCUT2D eigenvalue weighted by atomic mass is 9.66. The summed E-state index contributed by atoms with van der Waals surface area (Å²) in [6, 6.07) is 0. The van der Waals surface area contributed by atoms with Gasteiger partial charge in [-0.25, -0.2) is 0 Å². The first kappa shape index (κ1) is 18.3. The van der Waals surface area contributed by atoms with Gasteiger partial charge in [-0.3, -0.25) is 4.79 Å². The number of rotatable bonds is 4. The minimum atomic E-state index is -0.671. The molecule has 0 saturated carbocycles. The van der Waals surface area contributed by atoms with Crippen LogP contribution >= 0.6 is 11.6 Å². The Bertz CT molecular complexity index is 441. The van der Waals surface area contributed by atoms with Gasteiger partial charge in [-0.05, 0) is 39.0 Å². The van der Waals surface area contributed by atoms with Crippen LogP contribution in [0.1, 0.15) is 54.9 Å². The lowest BCUT2D eigenvalue weighted by Gasteiger charge is -2.41. The highest BCUT2D eigenvalue weighted by Crippen LogP contribution is 2.46. The number of esters is 1. The summed E-state index contributed by atoms with van der Waals surface area (Å²) in [5.74, 6) is 0.384. The fraction of sp³-hybridized carbons (Fsp3) is 0.722. The van der Waals surface area contributed by atoms with E-state index in [4.69, 9.17) is 16.3 Å². The van der Waals surface area contributed by atoms with E-state index in [0.717, 1.165) is 6.42 Å². The second kappa shape index (κ2) is 6.56. The third-order valence-electron chi connectivity index (χ3n) is 4.13. The number of hydrogen-bond acceptors (Lipinski definition) is 2. The number of hydrogen-bond donors (Lipinski definition) is 0. The predicted octanol–water partition coefficient (Wildman–Crippen LogP) is 5.12. The first-order chi connectivity index (χ1) is 9.49. The second-order valence-electron chi connectivity index (χ2n) is 7.60. The fourth-order valence-corrected chi connectivity index (χ4v) is 3.10. The van der Waals surface area contributed by atoms with E-state index in [-0.39, 0.29) is 17.3 Å². The van der Waals surface area contributed by atoms with Crippen molar-refractivity contribution in [2.24, 2.45) is 17.3 Å². The van der Waals surface area contributed by atoms with Crippen LogP contribution in [-0.2, 0) is 9.53 Å². The summed E-state index contributed by atoms with van der Waals surface area (Å²) in [5, 5.41) is -0.671. The number of alkyl halides is 1. The van der Waals surface area contributed by atoms with Crippen LogP contribution in [-0.4, -0.2) is 16.9 Å². The molecule has 1 aliphatic rings. The largest absolute Gasteiger partial charge is 0.459 e. The average molecular weight is 313 g/mol. The second-order valence-corrected chi connectivity index (χ2v) is 8.03. The molecule has 2 unspecified atom stereocenters. The Kier molecular flexibility index (Phi) is 5.71. The van der Waals surface area contributed by atoms with Crippen molar-refractivity contribution < 1.29 is 9.53 Å². The molecule has 120 valence electrons. The summed E-state index contributed by atoms with van der Waals surface area (Å²) >= 11 is 6.58. The lowest BCUT2D eigenvalue weighted by molar-refractivity contribution is -0.157. The molecule has 0 fully saturated rings. The van der Waals surface area contributed by atoms with E-state index in [2.05, 4.69) is 39.8 Å². The molecule has 0 aromatic rings. The monoisotopic (exact) mass is 312 g/mol. The van der Waals surface area contributed by atoms with E-state index < -0.39 is 11.0 Å². The van der Waals surface area contributed by atoms with Crippen LogP contribution in [0.25, 0.3) is 0 Å². The van der Waals surface area contributed by atoms with Crippen LogP contribution < -0.4 is 0 Å². The molecule has 0 N–H and O–H groups in total. The zero-order chi connectivity index (χ0) is 16.4. The van der Waals surface area contributed by atoms with E-state index in [1.54, 1.807) is 0 Å². The molecule has 2 nitrogen and oxygen atoms in total. The molecule has 0 radical (unpaired) electrons. The molecule has 0 aromatic carbocycles. The molecule has 0 heterocycles. The number of ether oxygens (including phenoxy) is 1. The fourth-order valence-electron chi connectivity index (χ4n) is 2.66. The van der Waals surface area contributed by atoms with Crippen LogP contribution in [0.2, 0.25) is 0 Å². The number of carbonyl (C=O) groups excluding carboxylic acids is 1. The Morgan fingerprint density at radius 3 is 2.29 bits per heavy atom. The zero-order valence-corrected chi connectivity index (χ0v) is 15.1. The molecule has 1 rings (SSSR count). The van der Waals surface area contributed by atoms with Crippen molar-refractivity contribution in [3.8, 4) is 0 Å². The van der Waals surface area contributed by atoms with Crippen molar-refractivity contribution >= 4 is 17.6 Å². The molecule has 21 heavy (non-hydrogen) atoms. The Morgan fingerprint density at radius 1 is 1.29 bits per heavy atom. The molecule has 0 saturated heterocycles. The zero-order valence-electron chi connectivity index (χ0n) is 14.4. The van der Waals surface area contributed by atoms with Crippen molar-refractivity contribution in [2.75, 3.05) is 0 Å². The average Bonchev–Trinajstić information content (AvgIpc) is 2.35. The maximum Gasteiger partial charge on any atom is 0.325 e. The van der Waals surface area contributed by atoms with Gasteiger partial charge in [-0.2, -0.15) is 0 Å². The van der Waals surface area contributed by atoms with E-state index in [9.17, 15) is 4.79 Å². The summed E-state index contributed by atoms with van der Waals surface area (Å²) in [7, 11) is 0.